The van der Waals surface area contributed by atoms with E-state index in [4.69, 9.17) is 10.5 Å². The van der Waals surface area contributed by atoms with Crippen molar-refractivity contribution in [2.24, 2.45) is 11.7 Å². The van der Waals surface area contributed by atoms with Crippen LogP contribution in [0.5, 0.6) is 5.75 Å². The van der Waals surface area contributed by atoms with Crippen LogP contribution in [0, 0.1) is 5.92 Å². The van der Waals surface area contributed by atoms with Gasteiger partial charge in [-0.25, -0.2) is 0 Å². The molecule has 0 spiro atoms. The highest BCUT2D eigenvalue weighted by Gasteiger charge is 2.25. The summed E-state index contributed by atoms with van der Waals surface area (Å²) < 4.78 is 5.42. The summed E-state index contributed by atoms with van der Waals surface area (Å²) in [6, 6.07) is 6.02. The molecule has 126 valence electrons. The molecule has 0 saturated heterocycles. The van der Waals surface area contributed by atoms with Gasteiger partial charge in [0.1, 0.15) is 11.8 Å². The number of primary amides is 1. The Bertz CT molecular complexity index is 572. The lowest BCUT2D eigenvalue weighted by Gasteiger charge is -2.22. The van der Waals surface area contributed by atoms with Gasteiger partial charge in [-0.15, -0.1) is 0 Å². The van der Waals surface area contributed by atoms with Crippen LogP contribution in [0.3, 0.4) is 0 Å². The number of ether oxygens (including phenoxy) is 1. The summed E-state index contributed by atoms with van der Waals surface area (Å²) in [5.74, 6) is -1.23. The Morgan fingerprint density at radius 3 is 2.43 bits per heavy atom. The maximum Gasteiger partial charge on any atom is 0.255 e. The Labute approximate surface area is 135 Å². The standard InChI is InChI=1S/C16H23N3O4/c1-4-23-12-8-6-5-7-11(12)15(21)19-14(10(2)3)16(22)18-9-13(17)20/h5-8,10,14H,4,9H2,1-3H3,(H2,17,20)(H,18,22)(H,19,21)/t14-/m0/s1. The third-order valence-electron chi connectivity index (χ3n) is 3.10. The third kappa shape index (κ3) is 5.61. The molecule has 0 heterocycles. The smallest absolute Gasteiger partial charge is 0.255 e. The molecule has 0 unspecified atom stereocenters. The first kappa shape index (κ1) is 18.5. The maximum atomic E-state index is 12.4. The number of carbonyl (C=O) groups excluding carboxylic acids is 3. The molecule has 0 aliphatic carbocycles. The fourth-order valence-electron chi connectivity index (χ4n) is 1.97. The van der Waals surface area contributed by atoms with Crippen molar-refractivity contribution in [2.45, 2.75) is 26.8 Å². The first-order valence-corrected chi connectivity index (χ1v) is 7.45. The van der Waals surface area contributed by atoms with E-state index >= 15 is 0 Å². The molecule has 4 N–H and O–H groups in total. The fraction of sp³-hybridized carbons (Fsp3) is 0.438. The van der Waals surface area contributed by atoms with Crippen molar-refractivity contribution in [3.05, 3.63) is 29.8 Å². The second kappa shape index (κ2) is 8.77. The zero-order valence-electron chi connectivity index (χ0n) is 13.6. The van der Waals surface area contributed by atoms with E-state index in [9.17, 15) is 14.4 Å². The zero-order chi connectivity index (χ0) is 17.4. The van der Waals surface area contributed by atoms with Gasteiger partial charge in [0.15, 0.2) is 0 Å². The lowest BCUT2D eigenvalue weighted by Crippen LogP contribution is -2.51. The van der Waals surface area contributed by atoms with Crippen LogP contribution in [-0.2, 0) is 9.59 Å². The van der Waals surface area contributed by atoms with Crippen LogP contribution in [0.1, 0.15) is 31.1 Å². The van der Waals surface area contributed by atoms with Crippen molar-refractivity contribution in [2.75, 3.05) is 13.2 Å². The van der Waals surface area contributed by atoms with Crippen molar-refractivity contribution in [3.8, 4) is 5.75 Å². The molecule has 0 bridgehead atoms. The topological polar surface area (TPSA) is 111 Å². The maximum absolute atomic E-state index is 12.4. The van der Waals surface area contributed by atoms with E-state index in [0.717, 1.165) is 0 Å². The molecule has 0 radical (unpaired) electrons. The molecule has 0 aliphatic heterocycles. The number of carbonyl (C=O) groups is 3. The highest BCUT2D eigenvalue weighted by molar-refractivity contribution is 6.00. The molecular weight excluding hydrogens is 298 g/mol. The minimum Gasteiger partial charge on any atom is -0.493 e. The summed E-state index contributed by atoms with van der Waals surface area (Å²) in [7, 11) is 0. The number of hydrogen-bond donors (Lipinski definition) is 3. The van der Waals surface area contributed by atoms with Gasteiger partial charge >= 0.3 is 0 Å². The van der Waals surface area contributed by atoms with E-state index in [1.165, 1.54) is 0 Å². The van der Waals surface area contributed by atoms with Crippen molar-refractivity contribution in [1.82, 2.24) is 10.6 Å². The summed E-state index contributed by atoms with van der Waals surface area (Å²) >= 11 is 0. The number of nitrogens with two attached hydrogens (primary N) is 1. The molecule has 1 aromatic rings. The van der Waals surface area contributed by atoms with Gasteiger partial charge in [0.2, 0.25) is 11.8 Å². The minimum atomic E-state index is -0.781. The van der Waals surface area contributed by atoms with E-state index in [1.807, 2.05) is 6.92 Å². The quantitative estimate of drug-likeness (QED) is 0.645. The Morgan fingerprint density at radius 1 is 1.22 bits per heavy atom. The number of amides is 3. The van der Waals surface area contributed by atoms with Gasteiger partial charge in [-0.1, -0.05) is 26.0 Å². The van der Waals surface area contributed by atoms with Crippen LogP contribution in [0.15, 0.2) is 24.3 Å². The van der Waals surface area contributed by atoms with Gasteiger partial charge < -0.3 is 21.1 Å². The number of para-hydroxylation sites is 1. The minimum absolute atomic E-state index is 0.161. The number of nitrogens with one attached hydrogen (secondary N) is 2. The predicted molar refractivity (Wildman–Crippen MR) is 85.9 cm³/mol. The summed E-state index contributed by atoms with van der Waals surface area (Å²) in [5, 5.41) is 5.07. The Balaban J connectivity index is 2.86. The van der Waals surface area contributed by atoms with Gasteiger partial charge in [0.05, 0.1) is 18.7 Å². The van der Waals surface area contributed by atoms with Crippen molar-refractivity contribution in [1.29, 1.82) is 0 Å². The van der Waals surface area contributed by atoms with Gasteiger partial charge in [-0.05, 0) is 25.0 Å². The molecule has 0 aromatic heterocycles. The molecule has 7 heteroatoms. The van der Waals surface area contributed by atoms with Crippen LogP contribution in [-0.4, -0.2) is 36.9 Å². The predicted octanol–water partition coefficient (Wildman–Crippen LogP) is 0.441. The molecule has 3 amide bonds. The van der Waals surface area contributed by atoms with Crippen LogP contribution in [0.2, 0.25) is 0 Å². The lowest BCUT2D eigenvalue weighted by atomic mass is 10.0. The molecule has 1 aromatic carbocycles. The van der Waals surface area contributed by atoms with Gasteiger partial charge in [0, 0.05) is 0 Å². The van der Waals surface area contributed by atoms with Crippen molar-refractivity contribution >= 4 is 17.7 Å². The molecule has 1 atom stereocenters. The summed E-state index contributed by atoms with van der Waals surface area (Å²) in [6.45, 7) is 5.57. The Morgan fingerprint density at radius 2 is 1.87 bits per heavy atom. The number of benzene rings is 1. The van der Waals surface area contributed by atoms with Gasteiger partial charge in [-0.2, -0.15) is 0 Å². The largest absolute Gasteiger partial charge is 0.493 e. The van der Waals surface area contributed by atoms with Gasteiger partial charge in [-0.3, -0.25) is 14.4 Å². The Hall–Kier alpha value is -2.57. The van der Waals surface area contributed by atoms with E-state index in [2.05, 4.69) is 10.6 Å². The SMILES string of the molecule is CCOc1ccccc1C(=O)N[C@H](C(=O)NCC(N)=O)C(C)C. The molecule has 23 heavy (non-hydrogen) atoms. The zero-order valence-corrected chi connectivity index (χ0v) is 13.6. The van der Waals surface area contributed by atoms with Crippen LogP contribution < -0.4 is 21.1 Å². The van der Waals surface area contributed by atoms with Crippen LogP contribution in [0.4, 0.5) is 0 Å². The normalized spacial score (nSPS) is 11.7. The van der Waals surface area contributed by atoms with E-state index in [0.29, 0.717) is 17.9 Å². The second-order valence-corrected chi connectivity index (χ2v) is 5.31. The molecule has 0 aliphatic rings. The molecule has 7 nitrogen and oxygen atoms in total. The van der Waals surface area contributed by atoms with E-state index in [1.54, 1.807) is 38.1 Å². The summed E-state index contributed by atoms with van der Waals surface area (Å²) in [4.78, 5) is 35.3. The van der Waals surface area contributed by atoms with E-state index < -0.39 is 23.8 Å². The molecule has 0 fully saturated rings. The number of hydrogen-bond acceptors (Lipinski definition) is 4. The van der Waals surface area contributed by atoms with Crippen molar-refractivity contribution in [3.63, 3.8) is 0 Å². The monoisotopic (exact) mass is 321 g/mol. The van der Waals surface area contributed by atoms with Crippen molar-refractivity contribution < 1.29 is 19.1 Å². The lowest BCUT2D eigenvalue weighted by molar-refractivity contribution is -0.126. The second-order valence-electron chi connectivity index (χ2n) is 5.31. The molecule has 0 saturated carbocycles. The van der Waals surface area contributed by atoms with E-state index in [-0.39, 0.29) is 12.5 Å². The average molecular weight is 321 g/mol. The highest BCUT2D eigenvalue weighted by atomic mass is 16.5. The first-order chi connectivity index (χ1) is 10.9. The fourth-order valence-corrected chi connectivity index (χ4v) is 1.97. The summed E-state index contributed by atoms with van der Waals surface area (Å²) in [5.41, 5.74) is 5.35. The molecule has 1 rings (SSSR count). The highest BCUT2D eigenvalue weighted by Crippen LogP contribution is 2.18. The van der Waals surface area contributed by atoms with Gasteiger partial charge in [0.25, 0.3) is 5.91 Å². The number of rotatable bonds is 8. The van der Waals surface area contributed by atoms with Crippen LogP contribution in [0.25, 0.3) is 0 Å². The first-order valence-electron chi connectivity index (χ1n) is 7.45. The van der Waals surface area contributed by atoms with Crippen LogP contribution >= 0.6 is 0 Å². The average Bonchev–Trinajstić information content (AvgIpc) is 2.50. The summed E-state index contributed by atoms with van der Waals surface area (Å²) in [6.07, 6.45) is 0. The Kier molecular flexibility index (Phi) is 7.05. The molecular formula is C16H23N3O4. The third-order valence-corrected chi connectivity index (χ3v) is 3.10.